The molecule has 0 unspecified atom stereocenters. The first-order valence-electron chi connectivity index (χ1n) is 16.3. The highest BCUT2D eigenvalue weighted by molar-refractivity contribution is 9.10. The van der Waals surface area contributed by atoms with Crippen molar-refractivity contribution in [1.29, 1.82) is 0 Å². The normalized spacial score (nSPS) is 15.3. The minimum atomic E-state index is -3.35. The molecule has 292 valence electrons. The van der Waals surface area contributed by atoms with E-state index in [0.717, 1.165) is 19.3 Å². The molecule has 0 spiro atoms. The number of hydrogen-bond acceptors (Lipinski definition) is 12. The highest BCUT2D eigenvalue weighted by atomic mass is 79.9. The van der Waals surface area contributed by atoms with E-state index in [0.29, 0.717) is 11.1 Å². The fraction of sp³-hybridized carbons (Fsp3) is 0.308. The summed E-state index contributed by atoms with van der Waals surface area (Å²) in [5, 5.41) is 32.1. The summed E-state index contributed by atoms with van der Waals surface area (Å²) in [6, 6.07) is 1.39. The molecule has 0 amide bonds. The summed E-state index contributed by atoms with van der Waals surface area (Å²) in [5.74, 6) is -7.26. The lowest BCUT2D eigenvalue weighted by atomic mass is 9.87. The van der Waals surface area contributed by atoms with Gasteiger partial charge in [0.25, 0.3) is 0 Å². The lowest BCUT2D eigenvalue weighted by Gasteiger charge is -2.30. The molecule has 0 saturated heterocycles. The number of phenols is 1. The van der Waals surface area contributed by atoms with Crippen molar-refractivity contribution in [1.82, 2.24) is 0 Å². The van der Waals surface area contributed by atoms with E-state index in [1.807, 2.05) is 0 Å². The molecule has 1 aliphatic rings. The second-order valence-corrected chi connectivity index (χ2v) is 13.6. The van der Waals surface area contributed by atoms with E-state index in [1.165, 1.54) is 54.5 Å². The van der Waals surface area contributed by atoms with Crippen LogP contribution in [0.25, 0.3) is 0 Å². The molecule has 55 heavy (non-hydrogen) atoms. The number of benzene rings is 3. The van der Waals surface area contributed by atoms with Crippen molar-refractivity contribution < 1.29 is 71.8 Å². The molecule has 0 heterocycles. The number of allylic oxidation sites excluding steroid dienone is 2. The van der Waals surface area contributed by atoms with Crippen LogP contribution in [0.3, 0.4) is 0 Å². The predicted molar refractivity (Wildman–Crippen MR) is 195 cm³/mol. The number of ketones is 1. The van der Waals surface area contributed by atoms with Crippen LogP contribution in [-0.2, 0) is 14.3 Å². The Labute approximate surface area is 322 Å². The summed E-state index contributed by atoms with van der Waals surface area (Å²) >= 11 is 3.17. The van der Waals surface area contributed by atoms with Crippen molar-refractivity contribution in [2.24, 2.45) is 0 Å². The van der Waals surface area contributed by atoms with Gasteiger partial charge in [-0.25, -0.2) is 19.2 Å². The second kappa shape index (κ2) is 15.6. The maximum atomic E-state index is 13.7. The van der Waals surface area contributed by atoms with Crippen molar-refractivity contribution in [3.05, 3.63) is 95.2 Å². The summed E-state index contributed by atoms with van der Waals surface area (Å²) in [6.45, 7) is 9.73. The van der Waals surface area contributed by atoms with E-state index < -0.39 is 58.9 Å². The van der Waals surface area contributed by atoms with Gasteiger partial charge in [-0.3, -0.25) is 4.79 Å². The SMILES string of the molecule is COC1=CC(=O)C=C(C)[C@]1(O)C(=O)Oc1c(C)c(C)c(C(=O)Oc2cc(C)c(C(=O)Oc3c(C)c(C)c(C(=O)O)c(OC(F)F)c3C)c(C)c2C)c(O)c1Br. The molecule has 16 heteroatoms. The summed E-state index contributed by atoms with van der Waals surface area (Å²) in [6.07, 6.45) is 1.98. The number of aromatic carboxylic acids is 1. The fourth-order valence-electron chi connectivity index (χ4n) is 6.22. The fourth-order valence-corrected chi connectivity index (χ4v) is 6.79. The molecule has 1 atom stereocenters. The number of ether oxygens (including phenoxy) is 5. The number of aromatic hydroxyl groups is 1. The van der Waals surface area contributed by atoms with Crippen LogP contribution in [-0.4, -0.2) is 64.3 Å². The second-order valence-electron chi connectivity index (χ2n) is 12.8. The van der Waals surface area contributed by atoms with E-state index in [4.69, 9.17) is 18.9 Å². The van der Waals surface area contributed by atoms with Crippen LogP contribution in [0.15, 0.2) is 34.0 Å². The topological polar surface area (TPSA) is 192 Å². The van der Waals surface area contributed by atoms with Gasteiger partial charge in [0, 0.05) is 11.6 Å². The van der Waals surface area contributed by atoms with Crippen LogP contribution in [0.5, 0.6) is 28.7 Å². The molecule has 0 aliphatic heterocycles. The summed E-state index contributed by atoms with van der Waals surface area (Å²) in [4.78, 5) is 64.5. The van der Waals surface area contributed by atoms with Crippen LogP contribution < -0.4 is 18.9 Å². The summed E-state index contributed by atoms with van der Waals surface area (Å²) in [5.41, 5.74) is -1.87. The molecule has 3 N–H and O–H groups in total. The molecule has 0 aromatic heterocycles. The third-order valence-corrected chi connectivity index (χ3v) is 10.4. The summed E-state index contributed by atoms with van der Waals surface area (Å²) < 4.78 is 52.9. The van der Waals surface area contributed by atoms with Gasteiger partial charge in [0.05, 0.1) is 12.7 Å². The number of carboxylic acids is 1. The molecule has 0 saturated carbocycles. The van der Waals surface area contributed by atoms with Crippen molar-refractivity contribution in [2.75, 3.05) is 7.11 Å². The molecule has 0 fully saturated rings. The van der Waals surface area contributed by atoms with Gasteiger partial charge in [0.15, 0.2) is 11.5 Å². The van der Waals surface area contributed by atoms with Gasteiger partial charge in [-0.15, -0.1) is 0 Å². The number of phenolic OH excluding ortho intramolecular Hbond substituents is 1. The molecule has 3 aromatic rings. The summed E-state index contributed by atoms with van der Waals surface area (Å²) in [7, 11) is 1.16. The Bertz CT molecular complexity index is 2240. The van der Waals surface area contributed by atoms with Gasteiger partial charge >= 0.3 is 30.5 Å². The highest BCUT2D eigenvalue weighted by Crippen LogP contribution is 2.44. The average molecular weight is 832 g/mol. The number of methoxy groups -OCH3 is 1. The van der Waals surface area contributed by atoms with Gasteiger partial charge < -0.3 is 39.0 Å². The Morgan fingerprint density at radius 2 is 1.27 bits per heavy atom. The Morgan fingerprint density at radius 1 is 0.727 bits per heavy atom. The maximum absolute atomic E-state index is 13.7. The number of aryl methyl sites for hydroxylation is 1. The lowest BCUT2D eigenvalue weighted by Crippen LogP contribution is -2.47. The van der Waals surface area contributed by atoms with Crippen LogP contribution in [0.2, 0.25) is 0 Å². The Kier molecular flexibility index (Phi) is 12.0. The van der Waals surface area contributed by atoms with Crippen LogP contribution >= 0.6 is 15.9 Å². The number of alkyl halides is 2. The van der Waals surface area contributed by atoms with Crippen LogP contribution in [0.4, 0.5) is 8.78 Å². The quantitative estimate of drug-likeness (QED) is 0.139. The third-order valence-electron chi connectivity index (χ3n) is 9.65. The predicted octanol–water partition coefficient (Wildman–Crippen LogP) is 7.06. The van der Waals surface area contributed by atoms with Gasteiger partial charge in [-0.05, 0) is 135 Å². The first kappa shape index (κ1) is 42.1. The number of rotatable bonds is 10. The molecule has 3 aromatic carbocycles. The number of carboxylic acid groups (broad SMARTS) is 1. The first-order valence-corrected chi connectivity index (χ1v) is 17.1. The molecular formula is C39H37BrF2O13. The number of carbonyl (C=O) groups excluding carboxylic acids is 4. The zero-order valence-corrected chi connectivity index (χ0v) is 33.0. The third kappa shape index (κ3) is 7.43. The average Bonchev–Trinajstić information content (AvgIpc) is 3.09. The maximum Gasteiger partial charge on any atom is 0.387 e. The van der Waals surface area contributed by atoms with E-state index in [2.05, 4.69) is 20.7 Å². The highest BCUT2D eigenvalue weighted by Gasteiger charge is 2.48. The first-order chi connectivity index (χ1) is 25.5. The monoisotopic (exact) mass is 830 g/mol. The van der Waals surface area contributed by atoms with Crippen molar-refractivity contribution in [3.8, 4) is 28.7 Å². The Morgan fingerprint density at radius 3 is 1.84 bits per heavy atom. The molecule has 13 nitrogen and oxygen atoms in total. The molecule has 1 aliphatic carbocycles. The van der Waals surface area contributed by atoms with E-state index >= 15 is 0 Å². The van der Waals surface area contributed by atoms with Crippen LogP contribution in [0.1, 0.15) is 82.5 Å². The van der Waals surface area contributed by atoms with E-state index in [-0.39, 0.29) is 77.6 Å². The van der Waals surface area contributed by atoms with Gasteiger partial charge in [-0.2, -0.15) is 8.78 Å². The number of hydrogen-bond donors (Lipinski definition) is 3. The zero-order chi connectivity index (χ0) is 41.6. The smallest absolute Gasteiger partial charge is 0.387 e. The Hall–Kier alpha value is -5.61. The minimum Gasteiger partial charge on any atom is -0.506 e. The number of esters is 3. The minimum absolute atomic E-state index is 0.0106. The molecular weight excluding hydrogens is 794 g/mol. The zero-order valence-electron chi connectivity index (χ0n) is 31.4. The van der Waals surface area contributed by atoms with Crippen molar-refractivity contribution in [2.45, 2.75) is 74.5 Å². The molecule has 4 rings (SSSR count). The largest absolute Gasteiger partial charge is 0.506 e. The van der Waals surface area contributed by atoms with E-state index in [1.54, 1.807) is 13.8 Å². The number of aliphatic hydroxyl groups is 1. The standard InChI is InChI=1S/C39H37BrF2O13/c1-14-11-24(16(3)17(4)26(14)35(47)53-31-20(7)19(6)28(34(45)46)32(22(31)9)55-38(41)42)52-36(48)27-18(5)21(8)33(29(40)30(27)44)54-37(49)39(50)15(2)12-23(43)13-25(39)51-10/h11-13,38,44,50H,1-10H3,(H,45,46)/t39-/m1/s1. The van der Waals surface area contributed by atoms with Crippen molar-refractivity contribution >= 4 is 45.6 Å². The van der Waals surface area contributed by atoms with Crippen LogP contribution in [0, 0.1) is 55.4 Å². The van der Waals surface area contributed by atoms with Gasteiger partial charge in [-0.1, -0.05) is 0 Å². The number of halogens is 3. The lowest BCUT2D eigenvalue weighted by molar-refractivity contribution is -0.151. The van der Waals surface area contributed by atoms with Crippen molar-refractivity contribution in [3.63, 3.8) is 0 Å². The van der Waals surface area contributed by atoms with Gasteiger partial charge in [0.2, 0.25) is 5.60 Å². The molecule has 0 bridgehead atoms. The number of carbonyl (C=O) groups is 5. The Balaban J connectivity index is 1.68. The van der Waals surface area contributed by atoms with E-state index in [9.17, 15) is 48.1 Å². The molecule has 0 radical (unpaired) electrons. The van der Waals surface area contributed by atoms with Gasteiger partial charge in [0.1, 0.15) is 44.4 Å².